The molecule has 3 aromatic rings. The number of benzene rings is 3. The summed E-state index contributed by atoms with van der Waals surface area (Å²) in [5, 5.41) is 8.78. The van der Waals surface area contributed by atoms with E-state index in [1.807, 2.05) is 36.4 Å². The van der Waals surface area contributed by atoms with Gasteiger partial charge in [-0.2, -0.15) is 0 Å². The number of para-hydroxylation sites is 1. The lowest BCUT2D eigenvalue weighted by molar-refractivity contribution is -0.137. The fraction of sp³-hybridized carbons (Fsp3) is 0.333. The van der Waals surface area contributed by atoms with Gasteiger partial charge in [0.25, 0.3) is 5.91 Å². The molecular weight excluding hydrogens is 454 g/mol. The second kappa shape index (κ2) is 12.2. The molecule has 1 amide bonds. The minimum atomic E-state index is -2.08. The first-order valence-electron chi connectivity index (χ1n) is 13.3. The van der Waals surface area contributed by atoms with Gasteiger partial charge in [-0.25, -0.2) is 0 Å². The molecule has 0 spiro atoms. The maximum absolute atomic E-state index is 13.7. The Morgan fingerprint density at radius 3 is 2.47 bits per heavy atom. The number of hydrogen-bond donors (Lipinski definition) is 1. The van der Waals surface area contributed by atoms with Crippen LogP contribution in [0.2, 0.25) is 0 Å². The third kappa shape index (κ3) is 6.87. The summed E-state index contributed by atoms with van der Waals surface area (Å²) in [6, 6.07) is 21.6. The molecule has 0 heterocycles. The quantitative estimate of drug-likeness (QED) is 0.290. The number of hydrogen-bond acceptors (Lipinski definition) is 4. The Morgan fingerprint density at radius 2 is 1.75 bits per heavy atom. The smallest absolute Gasteiger partial charge is 0.303 e. The minimum absolute atomic E-state index is 0.123. The third-order valence-corrected chi connectivity index (χ3v) is 6.09. The summed E-state index contributed by atoms with van der Waals surface area (Å²) in [7, 11) is 1.62. The monoisotopic (exact) mass is 489 g/mol. The van der Waals surface area contributed by atoms with E-state index in [0.717, 1.165) is 29.7 Å². The van der Waals surface area contributed by atoms with Crippen molar-refractivity contribution in [1.82, 2.24) is 4.90 Å². The highest BCUT2D eigenvalue weighted by Gasteiger charge is 2.33. The average molecular weight is 490 g/mol. The van der Waals surface area contributed by atoms with Crippen LogP contribution in [0.1, 0.15) is 57.2 Å². The van der Waals surface area contributed by atoms with Crippen LogP contribution in [0.3, 0.4) is 0 Å². The Balaban J connectivity index is 1.51. The van der Waals surface area contributed by atoms with Crippen molar-refractivity contribution in [3.05, 3.63) is 83.9 Å². The first-order valence-corrected chi connectivity index (χ1v) is 12.3. The second-order valence-electron chi connectivity index (χ2n) is 8.88. The average Bonchev–Trinajstić information content (AvgIpc) is 3.75. The van der Waals surface area contributed by atoms with Gasteiger partial charge >= 0.3 is 5.97 Å². The van der Waals surface area contributed by atoms with Crippen molar-refractivity contribution >= 4 is 11.9 Å². The van der Waals surface area contributed by atoms with Gasteiger partial charge in [-0.3, -0.25) is 9.59 Å². The summed E-state index contributed by atoms with van der Waals surface area (Å²) in [4.78, 5) is 25.7. The van der Waals surface area contributed by atoms with E-state index in [9.17, 15) is 9.59 Å². The van der Waals surface area contributed by atoms with Crippen LogP contribution in [-0.2, 0) is 11.3 Å². The molecule has 0 radical (unpaired) electrons. The molecule has 188 valence electrons. The number of nitrogens with zero attached hydrogens (tertiary/aromatic N) is 1. The van der Waals surface area contributed by atoms with Gasteiger partial charge in [0.15, 0.2) is 0 Å². The molecule has 1 N–H and O–H groups in total. The van der Waals surface area contributed by atoms with Gasteiger partial charge in [-0.15, -0.1) is 0 Å². The lowest BCUT2D eigenvalue weighted by atomic mass is 10.0. The van der Waals surface area contributed by atoms with Gasteiger partial charge in [0.1, 0.15) is 11.5 Å². The Hall–Kier alpha value is -3.80. The Labute approximate surface area is 215 Å². The molecule has 6 nitrogen and oxygen atoms in total. The number of unbranched alkanes of at least 4 members (excludes halogenated alkanes) is 2. The van der Waals surface area contributed by atoms with Gasteiger partial charge in [-0.1, -0.05) is 42.5 Å². The number of carbonyl (C=O) groups excluding carboxylic acids is 1. The molecule has 0 aromatic heterocycles. The van der Waals surface area contributed by atoms with Gasteiger partial charge in [-0.05, 0) is 73.6 Å². The molecule has 1 fully saturated rings. The lowest BCUT2D eigenvalue weighted by Gasteiger charge is -2.24. The number of carbonyl (C=O) groups is 2. The molecule has 1 aliphatic carbocycles. The maximum atomic E-state index is 13.7. The van der Waals surface area contributed by atoms with Crippen molar-refractivity contribution in [3.8, 4) is 22.6 Å². The minimum Gasteiger partial charge on any atom is -0.497 e. The van der Waals surface area contributed by atoms with Gasteiger partial charge in [0.05, 0.1) is 16.5 Å². The van der Waals surface area contributed by atoms with E-state index >= 15 is 0 Å². The van der Waals surface area contributed by atoms with Crippen molar-refractivity contribution in [2.24, 2.45) is 0 Å². The van der Waals surface area contributed by atoms with Gasteiger partial charge < -0.3 is 19.5 Å². The molecule has 1 aliphatic rings. The normalized spacial score (nSPS) is 13.9. The van der Waals surface area contributed by atoms with Gasteiger partial charge in [0, 0.05) is 30.1 Å². The number of rotatable bonds is 13. The Bertz CT molecular complexity index is 1260. The van der Waals surface area contributed by atoms with E-state index in [2.05, 4.69) is 0 Å². The molecule has 4 rings (SSSR count). The van der Waals surface area contributed by atoms with Gasteiger partial charge in [0.2, 0.25) is 0 Å². The first-order chi connectivity index (χ1) is 18.3. The van der Waals surface area contributed by atoms with E-state index < -0.39 is 12.5 Å². The van der Waals surface area contributed by atoms with E-state index in [0.29, 0.717) is 42.7 Å². The summed E-state index contributed by atoms with van der Waals surface area (Å²) < 4.78 is 29.3. The molecule has 0 atom stereocenters. The Kier molecular flexibility index (Phi) is 7.71. The summed E-state index contributed by atoms with van der Waals surface area (Å²) in [6.45, 7) is -1.74. The fourth-order valence-electron chi connectivity index (χ4n) is 3.94. The molecule has 6 heteroatoms. The zero-order chi connectivity index (χ0) is 27.1. The van der Waals surface area contributed by atoms with Crippen molar-refractivity contribution in [2.75, 3.05) is 13.7 Å². The third-order valence-electron chi connectivity index (χ3n) is 6.09. The summed E-state index contributed by atoms with van der Waals surface area (Å²) in [5.41, 5.74) is 2.62. The highest BCUT2D eigenvalue weighted by Crippen LogP contribution is 2.32. The summed E-state index contributed by atoms with van der Waals surface area (Å²) >= 11 is 0. The van der Waals surface area contributed by atoms with E-state index in [4.69, 9.17) is 17.3 Å². The number of methoxy groups -OCH3 is 1. The maximum Gasteiger partial charge on any atom is 0.303 e. The van der Waals surface area contributed by atoms with Crippen molar-refractivity contribution in [3.63, 3.8) is 0 Å². The molecular formula is C30H33NO5. The number of carboxylic acid groups (broad SMARTS) is 1. The Morgan fingerprint density at radius 1 is 0.972 bits per heavy atom. The number of ether oxygens (including phenoxy) is 2. The second-order valence-corrected chi connectivity index (χ2v) is 8.88. The number of carboxylic acids is 1. The van der Waals surface area contributed by atoms with Crippen LogP contribution >= 0.6 is 0 Å². The molecule has 1 saturated carbocycles. The van der Waals surface area contributed by atoms with Crippen LogP contribution in [0.4, 0.5) is 0 Å². The fourth-order valence-corrected chi connectivity index (χ4v) is 3.94. The van der Waals surface area contributed by atoms with Crippen molar-refractivity contribution in [1.29, 1.82) is 0 Å². The zero-order valence-electron chi connectivity index (χ0n) is 22.5. The molecule has 3 aromatic carbocycles. The van der Waals surface area contributed by atoms with Crippen LogP contribution in [0.5, 0.6) is 11.5 Å². The van der Waals surface area contributed by atoms with Crippen molar-refractivity contribution < 1.29 is 26.9 Å². The molecule has 0 aliphatic heterocycles. The largest absolute Gasteiger partial charge is 0.497 e. The highest BCUT2D eigenvalue weighted by molar-refractivity contribution is 5.95. The molecule has 0 unspecified atom stereocenters. The van der Waals surface area contributed by atoms with Crippen LogP contribution in [0, 0.1) is 0 Å². The van der Waals surface area contributed by atoms with Crippen LogP contribution in [-0.4, -0.2) is 41.6 Å². The van der Waals surface area contributed by atoms with E-state index in [1.165, 1.54) is 4.90 Å². The predicted octanol–water partition coefficient (Wildman–Crippen LogP) is 6.19. The van der Waals surface area contributed by atoms with Crippen LogP contribution in [0.15, 0.2) is 72.8 Å². The standard InChI is InChI=1S/C30H33NO5/c1-35-27-10-7-9-24(20-27)22-13-15-23(16-14-22)30(34)31(26-17-18-26)21-25-8-4-5-11-28(25)36-19-6-2-3-12-29(32)33/h4-5,7-11,13-16,20,26H,2-3,6,12,17-19,21H2,1H3,(H,32,33)/i21D2. The highest BCUT2D eigenvalue weighted by atomic mass is 16.5. The lowest BCUT2D eigenvalue weighted by Crippen LogP contribution is -2.32. The van der Waals surface area contributed by atoms with Crippen molar-refractivity contribution in [2.45, 2.75) is 51.1 Å². The molecule has 0 bridgehead atoms. The zero-order valence-corrected chi connectivity index (χ0v) is 20.5. The predicted molar refractivity (Wildman–Crippen MR) is 139 cm³/mol. The van der Waals surface area contributed by atoms with Crippen LogP contribution < -0.4 is 9.47 Å². The number of amides is 1. The topological polar surface area (TPSA) is 76.1 Å². The first kappa shape index (κ1) is 22.7. The number of aliphatic carboxylic acids is 1. The van der Waals surface area contributed by atoms with E-state index in [1.54, 1.807) is 43.5 Å². The van der Waals surface area contributed by atoms with E-state index in [-0.39, 0.29) is 18.4 Å². The van der Waals surface area contributed by atoms with Crippen LogP contribution in [0.25, 0.3) is 11.1 Å². The summed E-state index contributed by atoms with van der Waals surface area (Å²) in [6.07, 6.45) is 3.56. The SMILES string of the molecule is [2H]C([2H])(c1ccccc1OCCCCCC(=O)O)N(C(=O)c1ccc(-c2cccc(OC)c2)cc1)C1CC1. The molecule has 36 heavy (non-hydrogen) atoms. The summed E-state index contributed by atoms with van der Waals surface area (Å²) in [5.74, 6) is -0.0399. The molecule has 0 saturated heterocycles.